The van der Waals surface area contributed by atoms with Crippen LogP contribution in [0.3, 0.4) is 0 Å². The molecule has 1 aromatic heterocycles. The van der Waals surface area contributed by atoms with Crippen LogP contribution in [0.2, 0.25) is 0 Å². The molecule has 5 unspecified atom stereocenters. The van der Waals surface area contributed by atoms with Gasteiger partial charge in [-0.25, -0.2) is 13.9 Å². The number of hydrogen-bond donors (Lipinski definition) is 6. The molecule has 17 heteroatoms. The molecule has 2 heterocycles. The number of amides is 1. The molecule has 1 aliphatic heterocycles. The van der Waals surface area contributed by atoms with Gasteiger partial charge in [0.05, 0.1) is 6.61 Å². The molecule has 1 fully saturated rings. The number of aliphatic hydroxyl groups excluding tert-OH is 2. The highest BCUT2D eigenvalue weighted by Gasteiger charge is 2.45. The predicted octanol–water partition coefficient (Wildman–Crippen LogP) is 3.95. The molecule has 1 aliphatic rings. The van der Waals surface area contributed by atoms with E-state index >= 15 is 0 Å². The van der Waals surface area contributed by atoms with E-state index in [0.717, 1.165) is 36.7 Å². The molecule has 0 bridgehead atoms. The van der Waals surface area contributed by atoms with Gasteiger partial charge in [0.25, 0.3) is 0 Å². The summed E-state index contributed by atoms with van der Waals surface area (Å²) in [5.74, 6) is -0.391. The number of nitrogens with zero attached hydrogens (tertiary/aromatic N) is 2. The molecule has 46 heavy (non-hydrogen) atoms. The number of aliphatic hydroxyl groups is 2. The van der Waals surface area contributed by atoms with E-state index in [9.17, 15) is 33.8 Å². The molecule has 1 amide bonds. The average Bonchev–Trinajstić information content (AvgIpc) is 3.25. The zero-order valence-corrected chi connectivity index (χ0v) is 27.3. The number of phosphoric acid groups is 2. The Hall–Kier alpha value is -2.81. The quantitative estimate of drug-likeness (QED) is 0.0649. The van der Waals surface area contributed by atoms with Crippen molar-refractivity contribution < 1.29 is 52.4 Å². The van der Waals surface area contributed by atoms with Crippen LogP contribution in [0, 0.1) is 0 Å². The number of ether oxygens (including phenoxy) is 1. The summed E-state index contributed by atoms with van der Waals surface area (Å²) < 4.78 is 36.6. The number of carbonyl (C=O) groups is 1. The molecule has 5 atom stereocenters. The van der Waals surface area contributed by atoms with E-state index in [1.807, 2.05) is 12.2 Å². The fourth-order valence-corrected chi connectivity index (χ4v) is 5.65. The first kappa shape index (κ1) is 39.4. The Kier molecular flexibility index (Phi) is 17.5. The van der Waals surface area contributed by atoms with Crippen molar-refractivity contribution in [3.05, 3.63) is 83.5 Å². The van der Waals surface area contributed by atoms with E-state index in [-0.39, 0.29) is 18.1 Å². The lowest BCUT2D eigenvalue weighted by Gasteiger charge is -2.18. The zero-order chi connectivity index (χ0) is 34.0. The highest BCUT2D eigenvalue weighted by atomic mass is 31.3. The van der Waals surface area contributed by atoms with Gasteiger partial charge < -0.3 is 34.9 Å². The molecule has 0 saturated carbocycles. The molecule has 0 radical (unpaired) electrons. The minimum atomic E-state index is -5.36. The maximum Gasteiger partial charge on any atom is 0.481 e. The molecule has 6 N–H and O–H groups in total. The van der Waals surface area contributed by atoms with Gasteiger partial charge in [-0.05, 0) is 51.0 Å². The van der Waals surface area contributed by atoms with Crippen molar-refractivity contribution in [3.63, 3.8) is 0 Å². The molecular formula is C29H43N3O12P2. The Morgan fingerprint density at radius 3 is 2.07 bits per heavy atom. The normalized spacial score (nSPS) is 22.2. The first-order chi connectivity index (χ1) is 21.8. The SMILES string of the molecule is CCC=CCC=CCC=CCC=CCC=CCCCC(=O)Nc1ccn(C2OC(COP(=O)(O)OP(=O)(O)O)C(O)C2O)c(=O)n1. The number of phosphoric ester groups is 1. The first-order valence-electron chi connectivity index (χ1n) is 14.7. The smallest absolute Gasteiger partial charge is 0.387 e. The summed E-state index contributed by atoms with van der Waals surface area (Å²) in [6.45, 7) is 1.20. The van der Waals surface area contributed by atoms with Crippen molar-refractivity contribution in [3.8, 4) is 0 Å². The van der Waals surface area contributed by atoms with Crippen molar-refractivity contribution in [1.29, 1.82) is 0 Å². The van der Waals surface area contributed by atoms with Crippen LogP contribution >= 0.6 is 15.6 Å². The maximum absolute atomic E-state index is 12.5. The number of hydrogen-bond acceptors (Lipinski definition) is 10. The van der Waals surface area contributed by atoms with Gasteiger partial charge in [0.2, 0.25) is 5.91 Å². The van der Waals surface area contributed by atoms with E-state index in [1.165, 1.54) is 12.3 Å². The van der Waals surface area contributed by atoms with Crippen molar-refractivity contribution in [2.75, 3.05) is 11.9 Å². The summed E-state index contributed by atoms with van der Waals surface area (Å²) in [6.07, 6.45) is 21.9. The minimum absolute atomic E-state index is 0.0372. The molecule has 15 nitrogen and oxygen atoms in total. The molecule has 2 rings (SSSR count). The maximum atomic E-state index is 12.5. The molecule has 1 saturated heterocycles. The summed E-state index contributed by atoms with van der Waals surface area (Å²) >= 11 is 0. The van der Waals surface area contributed by atoms with Crippen LogP contribution in [-0.4, -0.2) is 65.3 Å². The average molecular weight is 688 g/mol. The van der Waals surface area contributed by atoms with Crippen LogP contribution in [0.1, 0.15) is 64.5 Å². The molecule has 0 aliphatic carbocycles. The van der Waals surface area contributed by atoms with Gasteiger partial charge in [-0.2, -0.15) is 9.29 Å². The number of allylic oxidation sites excluding steroid dienone is 10. The van der Waals surface area contributed by atoms with Crippen LogP contribution in [0.15, 0.2) is 77.8 Å². The summed E-state index contributed by atoms with van der Waals surface area (Å²) in [7, 11) is -10.6. The van der Waals surface area contributed by atoms with Crippen LogP contribution in [0.25, 0.3) is 0 Å². The van der Waals surface area contributed by atoms with Crippen molar-refractivity contribution in [2.45, 2.75) is 82.8 Å². The van der Waals surface area contributed by atoms with Crippen molar-refractivity contribution in [1.82, 2.24) is 9.55 Å². The second-order valence-electron chi connectivity index (χ2n) is 10.0. The number of anilines is 1. The standard InChI is InChI=1S/C29H43N3O12P2/c1-2-3-4-5-6-7-8-9-10-11-12-13-14-15-16-17-18-19-25(33)30-24-20-21-32(29(36)31-24)28-27(35)26(34)23(43-28)22-42-46(40,41)44-45(37,38)39/h3-4,6-7,9-10,12-13,15-16,20-21,23,26-28,34-35H,2,5,8,11,14,17-19,22H2,1H3,(H,40,41)(H2,37,38,39)(H,30,31,33,36). The lowest BCUT2D eigenvalue weighted by molar-refractivity contribution is -0.116. The van der Waals surface area contributed by atoms with E-state index in [0.29, 0.717) is 12.8 Å². The van der Waals surface area contributed by atoms with Crippen LogP contribution in [0.4, 0.5) is 5.82 Å². The molecule has 1 aromatic rings. The second kappa shape index (κ2) is 20.4. The van der Waals surface area contributed by atoms with E-state index < -0.39 is 52.5 Å². The third-order valence-electron chi connectivity index (χ3n) is 6.25. The molecule has 256 valence electrons. The Labute approximate surface area is 267 Å². The molecule has 0 aromatic carbocycles. The van der Waals surface area contributed by atoms with Gasteiger partial charge in [-0.15, -0.1) is 0 Å². The highest BCUT2D eigenvalue weighted by Crippen LogP contribution is 2.57. The second-order valence-corrected chi connectivity index (χ2v) is 12.9. The summed E-state index contributed by atoms with van der Waals surface area (Å²) in [5, 5.41) is 23.0. The fourth-order valence-electron chi connectivity index (χ4n) is 4.05. The van der Waals surface area contributed by atoms with Crippen molar-refractivity contribution >= 4 is 27.4 Å². The largest absolute Gasteiger partial charge is 0.481 e. The Balaban J connectivity index is 1.70. The third kappa shape index (κ3) is 15.7. The number of nitrogens with one attached hydrogen (secondary N) is 1. The molecular weight excluding hydrogens is 644 g/mol. The van der Waals surface area contributed by atoms with Crippen LogP contribution in [-0.2, 0) is 27.5 Å². The number of carbonyl (C=O) groups excluding carboxylic acids is 1. The summed E-state index contributed by atoms with van der Waals surface area (Å²) in [4.78, 5) is 55.3. The van der Waals surface area contributed by atoms with E-state index in [4.69, 9.17) is 14.5 Å². The van der Waals surface area contributed by atoms with Crippen LogP contribution < -0.4 is 11.0 Å². The lowest BCUT2D eigenvalue weighted by Crippen LogP contribution is -2.36. The van der Waals surface area contributed by atoms with Gasteiger partial charge >= 0.3 is 21.3 Å². The first-order valence-corrected chi connectivity index (χ1v) is 17.8. The Morgan fingerprint density at radius 2 is 1.52 bits per heavy atom. The monoisotopic (exact) mass is 687 g/mol. The summed E-state index contributed by atoms with van der Waals surface area (Å²) in [5.41, 5.74) is -0.938. The van der Waals surface area contributed by atoms with E-state index in [1.54, 1.807) is 0 Å². The van der Waals surface area contributed by atoms with Gasteiger partial charge in [0, 0.05) is 12.6 Å². The van der Waals surface area contributed by atoms with Crippen molar-refractivity contribution in [2.24, 2.45) is 0 Å². The third-order valence-corrected chi connectivity index (χ3v) is 8.40. The van der Waals surface area contributed by atoms with E-state index in [2.05, 4.69) is 74.7 Å². The predicted molar refractivity (Wildman–Crippen MR) is 170 cm³/mol. The van der Waals surface area contributed by atoms with Gasteiger partial charge in [-0.3, -0.25) is 13.9 Å². The van der Waals surface area contributed by atoms with Gasteiger partial charge in [0.15, 0.2) is 6.23 Å². The summed E-state index contributed by atoms with van der Waals surface area (Å²) in [6, 6.07) is 1.28. The number of rotatable bonds is 20. The highest BCUT2D eigenvalue weighted by molar-refractivity contribution is 7.60. The van der Waals surface area contributed by atoms with Gasteiger partial charge in [-0.1, -0.05) is 67.7 Å². The number of aromatic nitrogens is 2. The zero-order valence-electron chi connectivity index (χ0n) is 25.5. The Bertz CT molecular complexity index is 1400. The minimum Gasteiger partial charge on any atom is -0.387 e. The molecule has 0 spiro atoms. The fraction of sp³-hybridized carbons (Fsp3) is 0.483. The number of unbranched alkanes of at least 4 members (excludes halogenated alkanes) is 1. The topological polar surface area (TPSA) is 227 Å². The van der Waals surface area contributed by atoms with Gasteiger partial charge in [0.1, 0.15) is 24.1 Å². The van der Waals surface area contributed by atoms with Crippen LogP contribution in [0.5, 0.6) is 0 Å². The Morgan fingerprint density at radius 1 is 0.957 bits per heavy atom. The lowest BCUT2D eigenvalue weighted by atomic mass is 10.1.